The molecule has 0 aliphatic carbocycles. The van der Waals surface area contributed by atoms with E-state index >= 15 is 0 Å². The molecule has 0 atom stereocenters. The van der Waals surface area contributed by atoms with Crippen molar-refractivity contribution in [2.24, 2.45) is 5.92 Å². The molecule has 1 saturated heterocycles. The molecule has 1 aliphatic heterocycles. The standard InChI is InChI=1S/C26H33N5O2/c1-4-5-15-28(3)25(32)21-13-18-30(19-14-21)26(33)23-20(2)27-31(22-11-7-6-8-12-22)24(23)29-16-9-10-17-29/h6-12,16-17,21H,4-5,13-15,18-19H2,1-3H3. The number of carbonyl (C=O) groups is 2. The van der Waals surface area contributed by atoms with Gasteiger partial charge in [0.05, 0.1) is 11.4 Å². The van der Waals surface area contributed by atoms with Gasteiger partial charge in [-0.15, -0.1) is 0 Å². The second-order valence-corrected chi connectivity index (χ2v) is 8.80. The molecule has 1 fully saturated rings. The number of aryl methyl sites for hydroxylation is 1. The van der Waals surface area contributed by atoms with Crippen molar-refractivity contribution in [2.75, 3.05) is 26.7 Å². The number of benzene rings is 1. The number of aromatic nitrogens is 3. The third-order valence-electron chi connectivity index (χ3n) is 6.45. The van der Waals surface area contributed by atoms with Gasteiger partial charge >= 0.3 is 0 Å². The molecule has 0 radical (unpaired) electrons. The van der Waals surface area contributed by atoms with Crippen LogP contribution < -0.4 is 0 Å². The molecular formula is C26H33N5O2. The van der Waals surface area contributed by atoms with E-state index in [1.165, 1.54) is 0 Å². The molecule has 1 aliphatic rings. The summed E-state index contributed by atoms with van der Waals surface area (Å²) in [6.07, 6.45) is 7.36. The van der Waals surface area contributed by atoms with Crippen LogP contribution in [0.2, 0.25) is 0 Å². The van der Waals surface area contributed by atoms with Crippen molar-refractivity contribution in [3.8, 4) is 11.5 Å². The molecule has 3 aromatic rings. The fourth-order valence-electron chi connectivity index (χ4n) is 4.53. The predicted molar refractivity (Wildman–Crippen MR) is 129 cm³/mol. The Morgan fingerprint density at radius 3 is 2.36 bits per heavy atom. The average Bonchev–Trinajstić information content (AvgIpc) is 3.50. The second kappa shape index (κ2) is 10.1. The van der Waals surface area contributed by atoms with Crippen molar-refractivity contribution in [3.63, 3.8) is 0 Å². The van der Waals surface area contributed by atoms with Crippen molar-refractivity contribution in [2.45, 2.75) is 39.5 Å². The van der Waals surface area contributed by atoms with E-state index in [-0.39, 0.29) is 17.7 Å². The maximum Gasteiger partial charge on any atom is 0.259 e. The van der Waals surface area contributed by atoms with Gasteiger partial charge < -0.3 is 14.4 Å². The summed E-state index contributed by atoms with van der Waals surface area (Å²) in [4.78, 5) is 30.2. The van der Waals surface area contributed by atoms with Crippen molar-refractivity contribution in [1.82, 2.24) is 24.1 Å². The number of para-hydroxylation sites is 1. The molecule has 0 bridgehead atoms. The van der Waals surface area contributed by atoms with Gasteiger partial charge in [-0.3, -0.25) is 9.59 Å². The lowest BCUT2D eigenvalue weighted by Crippen LogP contribution is -2.44. The number of piperidine rings is 1. The van der Waals surface area contributed by atoms with Crippen molar-refractivity contribution < 1.29 is 9.59 Å². The van der Waals surface area contributed by atoms with Gasteiger partial charge in [0.1, 0.15) is 5.56 Å². The number of rotatable bonds is 7. The molecule has 3 heterocycles. The van der Waals surface area contributed by atoms with Crippen molar-refractivity contribution >= 4 is 11.8 Å². The quantitative estimate of drug-likeness (QED) is 0.548. The molecule has 2 amide bonds. The molecule has 174 valence electrons. The van der Waals surface area contributed by atoms with E-state index in [1.54, 1.807) is 0 Å². The average molecular weight is 448 g/mol. The first-order valence-corrected chi connectivity index (χ1v) is 11.8. The number of carbonyl (C=O) groups excluding carboxylic acids is 2. The highest BCUT2D eigenvalue weighted by atomic mass is 16.2. The summed E-state index contributed by atoms with van der Waals surface area (Å²) in [5, 5.41) is 4.74. The summed E-state index contributed by atoms with van der Waals surface area (Å²) in [6, 6.07) is 13.8. The van der Waals surface area contributed by atoms with E-state index in [9.17, 15) is 9.59 Å². The third-order valence-corrected chi connectivity index (χ3v) is 6.45. The Bertz CT molecular complexity index is 1080. The van der Waals surface area contributed by atoms with E-state index in [0.29, 0.717) is 37.2 Å². The zero-order chi connectivity index (χ0) is 23.4. The van der Waals surface area contributed by atoms with Crippen molar-refractivity contribution in [1.29, 1.82) is 0 Å². The molecule has 4 rings (SSSR count). The minimum atomic E-state index is -0.0244. The highest BCUT2D eigenvalue weighted by molar-refractivity contribution is 5.99. The van der Waals surface area contributed by atoms with Gasteiger partial charge in [-0.05, 0) is 50.5 Å². The van der Waals surface area contributed by atoms with Gasteiger partial charge in [-0.25, -0.2) is 4.68 Å². The molecule has 1 aromatic carbocycles. The SMILES string of the molecule is CCCCN(C)C(=O)C1CCN(C(=O)c2c(C)nn(-c3ccccc3)c2-n2cccc2)CC1. The van der Waals surface area contributed by atoms with Crippen LogP contribution in [0.25, 0.3) is 11.5 Å². The predicted octanol–water partition coefficient (Wildman–Crippen LogP) is 4.08. The third kappa shape index (κ3) is 4.72. The molecule has 0 saturated carbocycles. The summed E-state index contributed by atoms with van der Waals surface area (Å²) in [5.41, 5.74) is 2.22. The van der Waals surface area contributed by atoms with E-state index in [2.05, 4.69) is 6.92 Å². The second-order valence-electron chi connectivity index (χ2n) is 8.80. The van der Waals surface area contributed by atoms with Crippen LogP contribution in [0.3, 0.4) is 0 Å². The van der Waals surface area contributed by atoms with Crippen LogP contribution in [0.15, 0.2) is 54.9 Å². The van der Waals surface area contributed by atoms with E-state index < -0.39 is 0 Å². The fraction of sp³-hybridized carbons (Fsp3) is 0.423. The Hall–Kier alpha value is -3.35. The normalized spacial score (nSPS) is 14.5. The molecule has 0 unspecified atom stereocenters. The first kappa shape index (κ1) is 22.8. The molecule has 2 aromatic heterocycles. The topological polar surface area (TPSA) is 63.4 Å². The Morgan fingerprint density at radius 1 is 1.06 bits per heavy atom. The number of hydrogen-bond acceptors (Lipinski definition) is 3. The minimum Gasteiger partial charge on any atom is -0.346 e. The molecule has 0 spiro atoms. The number of hydrogen-bond donors (Lipinski definition) is 0. The number of amides is 2. The summed E-state index contributed by atoms with van der Waals surface area (Å²) >= 11 is 0. The summed E-state index contributed by atoms with van der Waals surface area (Å²) in [6.45, 7) is 5.98. The minimum absolute atomic E-state index is 0.00651. The van der Waals surface area contributed by atoms with Crippen LogP contribution in [0, 0.1) is 12.8 Å². The summed E-state index contributed by atoms with van der Waals surface area (Å²) < 4.78 is 3.78. The first-order valence-electron chi connectivity index (χ1n) is 11.8. The zero-order valence-electron chi connectivity index (χ0n) is 19.8. The monoisotopic (exact) mass is 447 g/mol. The smallest absolute Gasteiger partial charge is 0.259 e. The lowest BCUT2D eigenvalue weighted by molar-refractivity contribution is -0.135. The molecule has 7 nitrogen and oxygen atoms in total. The Kier molecular flexibility index (Phi) is 6.96. The Balaban J connectivity index is 1.56. The Morgan fingerprint density at radius 2 is 1.73 bits per heavy atom. The molecule has 7 heteroatoms. The molecule has 33 heavy (non-hydrogen) atoms. The van der Waals surface area contributed by atoms with Gasteiger partial charge in [0.25, 0.3) is 5.91 Å². The number of nitrogens with zero attached hydrogens (tertiary/aromatic N) is 5. The highest BCUT2D eigenvalue weighted by Crippen LogP contribution is 2.27. The number of likely N-dealkylation sites (tertiary alicyclic amines) is 1. The Labute approximate surface area is 195 Å². The maximum atomic E-state index is 13.7. The van der Waals surface area contributed by atoms with Crippen molar-refractivity contribution in [3.05, 3.63) is 66.1 Å². The zero-order valence-corrected chi connectivity index (χ0v) is 19.8. The van der Waals surface area contributed by atoms with Gasteiger partial charge in [-0.1, -0.05) is 31.5 Å². The van der Waals surface area contributed by atoms with E-state index in [0.717, 1.165) is 30.9 Å². The fourth-order valence-corrected chi connectivity index (χ4v) is 4.53. The number of unbranched alkanes of at least 4 members (excludes halogenated alkanes) is 1. The highest BCUT2D eigenvalue weighted by Gasteiger charge is 2.32. The summed E-state index contributed by atoms with van der Waals surface area (Å²) in [5.74, 6) is 0.916. The lowest BCUT2D eigenvalue weighted by atomic mass is 9.94. The van der Waals surface area contributed by atoms with Crippen LogP contribution in [0.5, 0.6) is 0 Å². The van der Waals surface area contributed by atoms with Crippen LogP contribution in [-0.2, 0) is 4.79 Å². The molecular weight excluding hydrogens is 414 g/mol. The van der Waals surface area contributed by atoms with Crippen LogP contribution in [0.4, 0.5) is 0 Å². The van der Waals surface area contributed by atoms with E-state index in [4.69, 9.17) is 5.10 Å². The van der Waals surface area contributed by atoms with E-state index in [1.807, 2.05) is 87.9 Å². The first-order chi connectivity index (χ1) is 16.0. The van der Waals surface area contributed by atoms with Gasteiger partial charge in [0.2, 0.25) is 5.91 Å². The van der Waals surface area contributed by atoms with Gasteiger partial charge in [0, 0.05) is 45.0 Å². The lowest BCUT2D eigenvalue weighted by Gasteiger charge is -2.33. The molecule has 0 N–H and O–H groups in total. The van der Waals surface area contributed by atoms with Gasteiger partial charge in [0.15, 0.2) is 5.82 Å². The summed E-state index contributed by atoms with van der Waals surface area (Å²) in [7, 11) is 1.89. The van der Waals surface area contributed by atoms with Crippen LogP contribution >= 0.6 is 0 Å². The van der Waals surface area contributed by atoms with Gasteiger partial charge in [-0.2, -0.15) is 5.10 Å². The largest absolute Gasteiger partial charge is 0.346 e. The van der Waals surface area contributed by atoms with Crippen LogP contribution in [0.1, 0.15) is 48.7 Å². The maximum absolute atomic E-state index is 13.7. The van der Waals surface area contributed by atoms with Crippen LogP contribution in [-0.4, -0.2) is 62.6 Å².